The maximum absolute atomic E-state index is 4.00. The second-order valence-corrected chi connectivity index (χ2v) is 4.00. The molecule has 3 rings (SSSR count). The maximum Gasteiger partial charge on any atom is 0.0818 e. The molecule has 0 amide bonds. The van der Waals surface area contributed by atoms with E-state index in [4.69, 9.17) is 0 Å². The lowest BCUT2D eigenvalue weighted by atomic mass is 10.2. The van der Waals surface area contributed by atoms with Gasteiger partial charge in [-0.15, -0.1) is 0 Å². The summed E-state index contributed by atoms with van der Waals surface area (Å²) in [5, 5.41) is 7.01. The number of hydrogen-bond acceptors (Lipinski definition) is 1. The molecule has 0 saturated heterocycles. The Kier molecular flexibility index (Phi) is 2.29. The Morgan fingerprint density at radius 2 is 1.82 bits per heavy atom. The zero-order chi connectivity index (χ0) is 11.7. The molecule has 3 nitrogen and oxygen atoms in total. The van der Waals surface area contributed by atoms with E-state index in [2.05, 4.69) is 46.0 Å². The van der Waals surface area contributed by atoms with Crippen molar-refractivity contribution in [3.05, 3.63) is 60.4 Å². The summed E-state index contributed by atoms with van der Waals surface area (Å²) in [6.45, 7) is 2.10. The first kappa shape index (κ1) is 9.90. The van der Waals surface area contributed by atoms with E-state index < -0.39 is 0 Å². The van der Waals surface area contributed by atoms with Crippen LogP contribution in [0.5, 0.6) is 0 Å². The quantitative estimate of drug-likeness (QED) is 0.711. The number of rotatable bonds is 2. The molecule has 17 heavy (non-hydrogen) atoms. The normalized spacial score (nSPS) is 10.6. The number of nitrogens with zero attached hydrogens (tertiary/aromatic N) is 2. The van der Waals surface area contributed by atoms with Crippen LogP contribution in [0.4, 0.5) is 0 Å². The average Bonchev–Trinajstić information content (AvgIpc) is 2.98. The third-order valence-electron chi connectivity index (χ3n) is 2.87. The minimum Gasteiger partial charge on any atom is -0.312 e. The molecule has 0 atom stereocenters. The molecule has 1 N–H and O–H groups in total. The predicted octanol–water partition coefficient (Wildman–Crippen LogP) is 3.18. The highest BCUT2D eigenvalue weighted by Gasteiger charge is 2.09. The van der Waals surface area contributed by atoms with Crippen LogP contribution in [0.15, 0.2) is 54.7 Å². The standard InChI is InChI=1S/C14H13N3/c1-11-7-8-14(13-9-10-15-16-13)17(11)12-5-3-2-4-6-12/h2-10H,1H3,(H,15,16). The Balaban J connectivity index is 2.20. The average molecular weight is 223 g/mol. The van der Waals surface area contributed by atoms with Crippen LogP contribution in [-0.2, 0) is 0 Å². The van der Waals surface area contributed by atoms with Gasteiger partial charge in [-0.3, -0.25) is 5.10 Å². The van der Waals surface area contributed by atoms with Gasteiger partial charge in [0.15, 0.2) is 0 Å². The van der Waals surface area contributed by atoms with Crippen LogP contribution in [0.3, 0.4) is 0 Å². The van der Waals surface area contributed by atoms with Crippen LogP contribution in [0.25, 0.3) is 17.1 Å². The van der Waals surface area contributed by atoms with E-state index in [9.17, 15) is 0 Å². The lowest BCUT2D eigenvalue weighted by Gasteiger charge is -2.10. The van der Waals surface area contributed by atoms with Crippen molar-refractivity contribution in [3.8, 4) is 17.1 Å². The van der Waals surface area contributed by atoms with Gasteiger partial charge in [0, 0.05) is 17.6 Å². The Morgan fingerprint density at radius 1 is 1.00 bits per heavy atom. The molecule has 1 aromatic carbocycles. The third kappa shape index (κ3) is 1.65. The van der Waals surface area contributed by atoms with Crippen molar-refractivity contribution in [1.29, 1.82) is 0 Å². The number of benzene rings is 1. The van der Waals surface area contributed by atoms with Gasteiger partial charge in [0.05, 0.1) is 11.4 Å². The first-order valence-corrected chi connectivity index (χ1v) is 5.60. The summed E-state index contributed by atoms with van der Waals surface area (Å²) < 4.78 is 2.22. The first-order chi connectivity index (χ1) is 8.36. The molecule has 0 spiro atoms. The monoisotopic (exact) mass is 223 g/mol. The predicted molar refractivity (Wildman–Crippen MR) is 68.1 cm³/mol. The van der Waals surface area contributed by atoms with Crippen LogP contribution in [0.2, 0.25) is 0 Å². The number of nitrogens with one attached hydrogen (secondary N) is 1. The van der Waals surface area contributed by atoms with E-state index in [1.165, 1.54) is 11.4 Å². The smallest absolute Gasteiger partial charge is 0.0818 e. The zero-order valence-corrected chi connectivity index (χ0v) is 9.59. The largest absolute Gasteiger partial charge is 0.312 e. The van der Waals surface area contributed by atoms with E-state index >= 15 is 0 Å². The van der Waals surface area contributed by atoms with Gasteiger partial charge in [-0.25, -0.2) is 0 Å². The van der Waals surface area contributed by atoms with Crippen LogP contribution >= 0.6 is 0 Å². The second-order valence-electron chi connectivity index (χ2n) is 4.00. The molecule has 0 bridgehead atoms. The van der Waals surface area contributed by atoms with Crippen LogP contribution in [0, 0.1) is 6.92 Å². The van der Waals surface area contributed by atoms with Crippen molar-refractivity contribution in [2.24, 2.45) is 0 Å². The van der Waals surface area contributed by atoms with Crippen molar-refractivity contribution in [3.63, 3.8) is 0 Å². The molecule has 0 radical (unpaired) electrons. The van der Waals surface area contributed by atoms with E-state index in [1.54, 1.807) is 6.20 Å². The molecule has 0 aliphatic heterocycles. The Morgan fingerprint density at radius 3 is 2.53 bits per heavy atom. The van der Waals surface area contributed by atoms with Crippen molar-refractivity contribution >= 4 is 0 Å². The molecular formula is C14H13N3. The summed E-state index contributed by atoms with van der Waals surface area (Å²) in [5.41, 5.74) is 4.54. The third-order valence-corrected chi connectivity index (χ3v) is 2.87. The van der Waals surface area contributed by atoms with Gasteiger partial charge in [0.25, 0.3) is 0 Å². The van der Waals surface area contributed by atoms with Crippen molar-refractivity contribution < 1.29 is 0 Å². The molecule has 3 heteroatoms. The van der Waals surface area contributed by atoms with Gasteiger partial charge in [-0.2, -0.15) is 5.10 Å². The summed E-state index contributed by atoms with van der Waals surface area (Å²) in [5.74, 6) is 0. The molecule has 0 fully saturated rings. The highest BCUT2D eigenvalue weighted by atomic mass is 15.1. The SMILES string of the molecule is Cc1ccc(-c2ccn[nH]2)n1-c1ccccc1. The Bertz CT molecular complexity index is 606. The van der Waals surface area contributed by atoms with E-state index in [1.807, 2.05) is 24.3 Å². The van der Waals surface area contributed by atoms with E-state index in [0.29, 0.717) is 0 Å². The van der Waals surface area contributed by atoms with Crippen LogP contribution in [0.1, 0.15) is 5.69 Å². The molecule has 0 aliphatic rings. The summed E-state index contributed by atoms with van der Waals surface area (Å²) in [6.07, 6.45) is 1.77. The Hall–Kier alpha value is -2.29. The molecule has 84 valence electrons. The summed E-state index contributed by atoms with van der Waals surface area (Å²) in [7, 11) is 0. The first-order valence-electron chi connectivity index (χ1n) is 5.60. The van der Waals surface area contributed by atoms with Gasteiger partial charge >= 0.3 is 0 Å². The summed E-state index contributed by atoms with van der Waals surface area (Å²) >= 11 is 0. The molecule has 2 heterocycles. The number of H-pyrrole nitrogens is 1. The van der Waals surface area contributed by atoms with Gasteiger partial charge < -0.3 is 4.57 Å². The molecule has 0 aliphatic carbocycles. The highest BCUT2D eigenvalue weighted by Crippen LogP contribution is 2.24. The van der Waals surface area contributed by atoms with E-state index in [0.717, 1.165) is 11.4 Å². The number of aromatic amines is 1. The number of hydrogen-bond donors (Lipinski definition) is 1. The molecule has 0 saturated carbocycles. The topological polar surface area (TPSA) is 33.6 Å². The van der Waals surface area contributed by atoms with Gasteiger partial charge in [0.1, 0.15) is 0 Å². The molecule has 2 aromatic heterocycles. The van der Waals surface area contributed by atoms with Gasteiger partial charge in [-0.1, -0.05) is 18.2 Å². The van der Waals surface area contributed by atoms with Gasteiger partial charge in [-0.05, 0) is 37.3 Å². The highest BCUT2D eigenvalue weighted by molar-refractivity contribution is 5.59. The lowest BCUT2D eigenvalue weighted by Crippen LogP contribution is -1.98. The molecular weight excluding hydrogens is 210 g/mol. The van der Waals surface area contributed by atoms with Crippen molar-refractivity contribution in [2.75, 3.05) is 0 Å². The number of para-hydroxylation sites is 1. The minimum atomic E-state index is 1.03. The fourth-order valence-corrected chi connectivity index (χ4v) is 2.07. The number of aromatic nitrogens is 3. The summed E-state index contributed by atoms with van der Waals surface area (Å²) in [4.78, 5) is 0. The molecule has 3 aromatic rings. The zero-order valence-electron chi connectivity index (χ0n) is 9.59. The van der Waals surface area contributed by atoms with Crippen LogP contribution < -0.4 is 0 Å². The molecule has 0 unspecified atom stereocenters. The minimum absolute atomic E-state index is 1.03. The fraction of sp³-hybridized carbons (Fsp3) is 0.0714. The fourth-order valence-electron chi connectivity index (χ4n) is 2.07. The Labute approximate surface area is 99.7 Å². The van der Waals surface area contributed by atoms with Crippen LogP contribution in [-0.4, -0.2) is 14.8 Å². The van der Waals surface area contributed by atoms with Crippen molar-refractivity contribution in [2.45, 2.75) is 6.92 Å². The maximum atomic E-state index is 4.00. The second kappa shape index (κ2) is 3.94. The summed E-state index contributed by atoms with van der Waals surface area (Å²) in [6, 6.07) is 16.5. The van der Waals surface area contributed by atoms with Gasteiger partial charge in [0.2, 0.25) is 0 Å². The number of aryl methyl sites for hydroxylation is 1. The van der Waals surface area contributed by atoms with E-state index in [-0.39, 0.29) is 0 Å². The van der Waals surface area contributed by atoms with Crippen molar-refractivity contribution in [1.82, 2.24) is 14.8 Å². The lowest BCUT2D eigenvalue weighted by molar-refractivity contribution is 1.00.